The lowest BCUT2D eigenvalue weighted by Crippen LogP contribution is -2.39. The zero-order valence-electron chi connectivity index (χ0n) is 12.7. The van der Waals surface area contributed by atoms with Crippen LogP contribution in [-0.2, 0) is 34.1 Å². The molecule has 0 aliphatic carbocycles. The first-order valence-corrected chi connectivity index (χ1v) is 6.95. The van der Waals surface area contributed by atoms with Crippen molar-refractivity contribution < 1.29 is 0 Å². The molecule has 0 saturated carbocycles. The largest absolute Gasteiger partial charge is 0.332 e. The highest BCUT2D eigenvalue weighted by atomic mass is 16.2. The molecule has 22 heavy (non-hydrogen) atoms. The number of imidazole rings is 1. The second kappa shape index (κ2) is 5.24. The van der Waals surface area contributed by atoms with Crippen LogP contribution in [0, 0.1) is 0 Å². The first-order chi connectivity index (χ1) is 10.5. The molecule has 0 radical (unpaired) electrons. The van der Waals surface area contributed by atoms with Crippen LogP contribution < -0.4 is 11.2 Å². The minimum absolute atomic E-state index is 0.308. The third kappa shape index (κ3) is 2.24. The normalized spacial score (nSPS) is 11.4. The van der Waals surface area contributed by atoms with Crippen LogP contribution in [0.4, 0.5) is 0 Å². The van der Waals surface area contributed by atoms with Gasteiger partial charge in [0.15, 0.2) is 11.2 Å². The molecule has 0 amide bonds. The Balaban J connectivity index is 1.92. The molecule has 9 nitrogen and oxygen atoms in total. The van der Waals surface area contributed by atoms with Gasteiger partial charge in [0.05, 0.1) is 18.2 Å². The SMILES string of the molecule is Cn1ncc(CCCn2c(=O)c3c(ncn3C)n(C)c2=O)n1. The number of fused-ring (bicyclic) bond motifs is 1. The summed E-state index contributed by atoms with van der Waals surface area (Å²) in [6, 6.07) is 0. The molecule has 0 bridgehead atoms. The van der Waals surface area contributed by atoms with E-state index >= 15 is 0 Å². The van der Waals surface area contributed by atoms with Crippen LogP contribution in [-0.4, -0.2) is 33.7 Å². The highest BCUT2D eigenvalue weighted by Gasteiger charge is 2.14. The highest BCUT2D eigenvalue weighted by molar-refractivity contribution is 5.69. The Labute approximate surface area is 125 Å². The van der Waals surface area contributed by atoms with Gasteiger partial charge < -0.3 is 4.57 Å². The molecule has 3 aromatic rings. The van der Waals surface area contributed by atoms with E-state index < -0.39 is 0 Å². The minimum atomic E-state index is -0.352. The van der Waals surface area contributed by atoms with Crippen molar-refractivity contribution in [1.82, 2.24) is 33.7 Å². The topological polar surface area (TPSA) is 92.5 Å². The summed E-state index contributed by atoms with van der Waals surface area (Å²) in [5, 5.41) is 8.18. The van der Waals surface area contributed by atoms with Crippen LogP contribution >= 0.6 is 0 Å². The molecule has 0 N–H and O–H groups in total. The summed E-state index contributed by atoms with van der Waals surface area (Å²) in [5.41, 5.74) is 1.02. The molecule has 0 aliphatic rings. The maximum Gasteiger partial charge on any atom is 0.332 e. The molecule has 0 spiro atoms. The van der Waals surface area contributed by atoms with Gasteiger partial charge >= 0.3 is 5.69 Å². The molecule has 0 atom stereocenters. The first kappa shape index (κ1) is 14.2. The molecule has 9 heteroatoms. The predicted octanol–water partition coefficient (Wildman–Crippen LogP) is -0.805. The smallest absolute Gasteiger partial charge is 0.328 e. The van der Waals surface area contributed by atoms with E-state index in [1.165, 1.54) is 20.3 Å². The van der Waals surface area contributed by atoms with E-state index in [1.807, 2.05) is 0 Å². The van der Waals surface area contributed by atoms with Crippen molar-refractivity contribution in [2.24, 2.45) is 21.1 Å². The summed E-state index contributed by atoms with van der Waals surface area (Å²) < 4.78 is 4.29. The monoisotopic (exact) mass is 303 g/mol. The fourth-order valence-corrected chi connectivity index (χ4v) is 2.51. The maximum atomic E-state index is 12.5. The molecule has 3 aromatic heterocycles. The second-order valence-corrected chi connectivity index (χ2v) is 5.25. The van der Waals surface area contributed by atoms with Crippen molar-refractivity contribution in [3.63, 3.8) is 0 Å². The van der Waals surface area contributed by atoms with Crippen molar-refractivity contribution >= 4 is 11.2 Å². The highest BCUT2D eigenvalue weighted by Crippen LogP contribution is 2.04. The number of hydrogen-bond acceptors (Lipinski definition) is 5. The summed E-state index contributed by atoms with van der Waals surface area (Å²) in [5.74, 6) is 0. The fraction of sp³-hybridized carbons (Fsp3) is 0.462. The summed E-state index contributed by atoms with van der Waals surface area (Å²) in [7, 11) is 5.11. The minimum Gasteiger partial charge on any atom is -0.328 e. The van der Waals surface area contributed by atoms with Crippen LogP contribution in [0.5, 0.6) is 0 Å². The predicted molar refractivity (Wildman–Crippen MR) is 79.5 cm³/mol. The van der Waals surface area contributed by atoms with E-state index in [-0.39, 0.29) is 11.2 Å². The molecule has 0 aromatic carbocycles. The van der Waals surface area contributed by atoms with Crippen molar-refractivity contribution in [2.75, 3.05) is 0 Å². The fourth-order valence-electron chi connectivity index (χ4n) is 2.51. The number of aromatic nitrogens is 7. The van der Waals surface area contributed by atoms with Gasteiger partial charge in [0.2, 0.25) is 0 Å². The molecule has 3 rings (SSSR count). The lowest BCUT2D eigenvalue weighted by Gasteiger charge is -2.08. The van der Waals surface area contributed by atoms with Crippen LogP contribution in [0.2, 0.25) is 0 Å². The van der Waals surface area contributed by atoms with Crippen LogP contribution in [0.1, 0.15) is 12.1 Å². The Bertz CT molecular complexity index is 944. The van der Waals surface area contributed by atoms with Gasteiger partial charge in [0, 0.05) is 27.7 Å². The lowest BCUT2D eigenvalue weighted by molar-refractivity contribution is 0.564. The third-order valence-corrected chi connectivity index (χ3v) is 3.66. The summed E-state index contributed by atoms with van der Waals surface area (Å²) in [6.45, 7) is 0.337. The number of aryl methyl sites for hydroxylation is 4. The molecular formula is C13H17N7O2. The van der Waals surface area contributed by atoms with E-state index in [2.05, 4.69) is 15.2 Å². The molecular weight excluding hydrogens is 286 g/mol. The number of rotatable bonds is 4. The van der Waals surface area contributed by atoms with Gasteiger partial charge in [-0.1, -0.05) is 0 Å². The second-order valence-electron chi connectivity index (χ2n) is 5.25. The molecule has 116 valence electrons. The summed E-state index contributed by atoms with van der Waals surface area (Å²) in [6.07, 6.45) is 4.52. The van der Waals surface area contributed by atoms with Crippen LogP contribution in [0.3, 0.4) is 0 Å². The quantitative estimate of drug-likeness (QED) is 0.629. The zero-order chi connectivity index (χ0) is 15.9. The Morgan fingerprint density at radius 3 is 2.64 bits per heavy atom. The Kier molecular flexibility index (Phi) is 3.39. The van der Waals surface area contributed by atoms with Gasteiger partial charge in [-0.25, -0.2) is 9.78 Å². The van der Waals surface area contributed by atoms with E-state index in [0.717, 1.165) is 5.69 Å². The standard InChI is InChI=1S/C13H17N7O2/c1-17-8-14-11-10(17)12(21)20(13(22)18(11)2)6-4-5-9-7-15-19(3)16-9/h7-8H,4-6H2,1-3H3. The van der Waals surface area contributed by atoms with Crippen LogP contribution in [0.25, 0.3) is 11.2 Å². The Morgan fingerprint density at radius 2 is 1.95 bits per heavy atom. The van der Waals surface area contributed by atoms with E-state index in [4.69, 9.17) is 0 Å². The van der Waals surface area contributed by atoms with Crippen molar-refractivity contribution in [1.29, 1.82) is 0 Å². The molecule has 0 saturated heterocycles. The third-order valence-electron chi connectivity index (χ3n) is 3.66. The van der Waals surface area contributed by atoms with Crippen molar-refractivity contribution in [3.05, 3.63) is 39.1 Å². The Morgan fingerprint density at radius 1 is 1.18 bits per heavy atom. The average Bonchev–Trinajstić information content (AvgIpc) is 3.06. The van der Waals surface area contributed by atoms with E-state index in [1.54, 1.807) is 31.9 Å². The van der Waals surface area contributed by atoms with Gasteiger partial charge in [0.25, 0.3) is 5.56 Å². The summed E-state index contributed by atoms with van der Waals surface area (Å²) in [4.78, 5) is 30.4. The average molecular weight is 303 g/mol. The van der Waals surface area contributed by atoms with E-state index in [0.29, 0.717) is 30.6 Å². The molecule has 0 aliphatic heterocycles. The van der Waals surface area contributed by atoms with Gasteiger partial charge in [-0.15, -0.1) is 0 Å². The van der Waals surface area contributed by atoms with Gasteiger partial charge in [0.1, 0.15) is 0 Å². The van der Waals surface area contributed by atoms with E-state index in [9.17, 15) is 9.59 Å². The Hall–Kier alpha value is -2.71. The number of hydrogen-bond donors (Lipinski definition) is 0. The van der Waals surface area contributed by atoms with Crippen LogP contribution in [0.15, 0.2) is 22.1 Å². The van der Waals surface area contributed by atoms with Gasteiger partial charge in [-0.3, -0.25) is 13.9 Å². The molecule has 3 heterocycles. The summed E-state index contributed by atoms with van der Waals surface area (Å²) >= 11 is 0. The lowest BCUT2D eigenvalue weighted by atomic mass is 10.2. The zero-order valence-corrected chi connectivity index (χ0v) is 12.7. The maximum absolute atomic E-state index is 12.5. The molecule has 0 unspecified atom stereocenters. The van der Waals surface area contributed by atoms with Crippen molar-refractivity contribution in [3.8, 4) is 0 Å². The van der Waals surface area contributed by atoms with Gasteiger partial charge in [-0.05, 0) is 12.8 Å². The number of nitrogens with zero attached hydrogens (tertiary/aromatic N) is 7. The first-order valence-electron chi connectivity index (χ1n) is 6.95. The van der Waals surface area contributed by atoms with Gasteiger partial charge in [-0.2, -0.15) is 15.0 Å². The molecule has 0 fully saturated rings. The van der Waals surface area contributed by atoms with Crippen molar-refractivity contribution in [2.45, 2.75) is 19.4 Å².